The normalized spacial score (nSPS) is 16.2. The number of nitrogens with zero attached hydrogens (tertiary/aromatic N) is 2. The van der Waals surface area contributed by atoms with Gasteiger partial charge in [-0.2, -0.15) is 0 Å². The molecule has 0 saturated carbocycles. The fourth-order valence-electron chi connectivity index (χ4n) is 3.44. The largest absolute Gasteiger partial charge is 0.496 e. The number of carbonyl (C=O) groups is 1. The van der Waals surface area contributed by atoms with Gasteiger partial charge in [0.05, 0.1) is 30.0 Å². The average Bonchev–Trinajstić information content (AvgIpc) is 3.29. The third-order valence-corrected chi connectivity index (χ3v) is 6.58. The molecule has 7 nitrogen and oxygen atoms in total. The molecule has 0 aliphatic carbocycles. The summed E-state index contributed by atoms with van der Waals surface area (Å²) in [5.41, 5.74) is 0.953. The Balaban J connectivity index is 2.04. The first-order valence-corrected chi connectivity index (χ1v) is 11.3. The summed E-state index contributed by atoms with van der Waals surface area (Å²) in [4.78, 5) is 31.1. The molecular formula is C21H16ClIN2O5S. The number of carbonyl (C=O) groups excluding carboxylic acids is 1. The van der Waals surface area contributed by atoms with Gasteiger partial charge in [0.1, 0.15) is 17.6 Å². The first-order valence-electron chi connectivity index (χ1n) is 9.03. The molecule has 2 aromatic heterocycles. The van der Waals surface area contributed by atoms with E-state index in [1.54, 1.807) is 37.3 Å². The summed E-state index contributed by atoms with van der Waals surface area (Å²) >= 11 is 9.53. The number of aromatic nitrogens is 1. The zero-order valence-corrected chi connectivity index (χ0v) is 20.4. The van der Waals surface area contributed by atoms with Crippen LogP contribution in [0.4, 0.5) is 0 Å². The molecule has 1 aromatic carbocycles. The second-order valence-electron chi connectivity index (χ2n) is 6.60. The maximum atomic E-state index is 13.4. The fourth-order valence-corrected chi connectivity index (χ4v) is 5.08. The standard InChI is InChI=1S/C21H16ClIN2O5S/c1-10-17(20(27)29-3)18(13-8-11(22)4-6-14(13)28-2)25-19(26)15(31-21(25)24-10)9-12-5-7-16(23)30-12/h4-9,18H,1-3H3/b15-9-/t18-/m1/s1. The van der Waals surface area contributed by atoms with Gasteiger partial charge in [-0.1, -0.05) is 22.9 Å². The molecule has 10 heteroatoms. The van der Waals surface area contributed by atoms with E-state index in [4.69, 9.17) is 25.5 Å². The second kappa shape index (κ2) is 8.64. The summed E-state index contributed by atoms with van der Waals surface area (Å²) in [7, 11) is 2.81. The Morgan fingerprint density at radius 2 is 2.10 bits per heavy atom. The molecule has 0 saturated heterocycles. The van der Waals surface area contributed by atoms with E-state index in [0.29, 0.717) is 40.9 Å². The molecule has 1 aliphatic rings. The molecule has 0 N–H and O–H groups in total. The highest BCUT2D eigenvalue weighted by Gasteiger charge is 2.35. The van der Waals surface area contributed by atoms with Gasteiger partial charge in [0.15, 0.2) is 8.57 Å². The van der Waals surface area contributed by atoms with Crippen molar-refractivity contribution in [3.8, 4) is 5.75 Å². The molecule has 31 heavy (non-hydrogen) atoms. The Hall–Kier alpha value is -2.37. The number of rotatable bonds is 4. The molecule has 1 atom stereocenters. The van der Waals surface area contributed by atoms with Crippen LogP contribution in [0.25, 0.3) is 6.08 Å². The van der Waals surface area contributed by atoms with Crippen LogP contribution in [-0.2, 0) is 9.53 Å². The molecule has 0 amide bonds. The predicted octanol–water partition coefficient (Wildman–Crippen LogP) is 3.27. The van der Waals surface area contributed by atoms with Crippen LogP contribution in [0.2, 0.25) is 5.02 Å². The van der Waals surface area contributed by atoms with Crippen LogP contribution < -0.4 is 19.6 Å². The van der Waals surface area contributed by atoms with Gasteiger partial charge in [-0.05, 0) is 59.8 Å². The lowest BCUT2D eigenvalue weighted by Crippen LogP contribution is -2.40. The summed E-state index contributed by atoms with van der Waals surface area (Å²) in [5.74, 6) is 0.458. The van der Waals surface area contributed by atoms with Crippen molar-refractivity contribution in [3.05, 3.63) is 81.4 Å². The van der Waals surface area contributed by atoms with Crippen LogP contribution in [0.5, 0.6) is 5.75 Å². The van der Waals surface area contributed by atoms with Gasteiger partial charge in [-0.3, -0.25) is 9.36 Å². The maximum Gasteiger partial charge on any atom is 0.338 e. The van der Waals surface area contributed by atoms with Gasteiger partial charge >= 0.3 is 5.97 Å². The zero-order valence-electron chi connectivity index (χ0n) is 16.6. The van der Waals surface area contributed by atoms with E-state index in [1.807, 2.05) is 6.07 Å². The van der Waals surface area contributed by atoms with Gasteiger partial charge in [-0.15, -0.1) is 0 Å². The minimum atomic E-state index is -0.809. The zero-order chi connectivity index (χ0) is 22.3. The van der Waals surface area contributed by atoms with E-state index in [0.717, 1.165) is 0 Å². The molecular weight excluding hydrogens is 555 g/mol. The first kappa shape index (κ1) is 21.8. The summed E-state index contributed by atoms with van der Waals surface area (Å²) in [5, 5.41) is 0.446. The van der Waals surface area contributed by atoms with Crippen molar-refractivity contribution in [2.45, 2.75) is 13.0 Å². The lowest BCUT2D eigenvalue weighted by molar-refractivity contribution is -0.136. The van der Waals surface area contributed by atoms with Crippen LogP contribution in [0.3, 0.4) is 0 Å². The molecule has 160 valence electrons. The second-order valence-corrected chi connectivity index (χ2v) is 9.11. The number of halogens is 2. The van der Waals surface area contributed by atoms with E-state index in [9.17, 15) is 9.59 Å². The first-order chi connectivity index (χ1) is 14.8. The van der Waals surface area contributed by atoms with Gasteiger partial charge in [0, 0.05) is 16.7 Å². The highest BCUT2D eigenvalue weighted by molar-refractivity contribution is 14.1. The van der Waals surface area contributed by atoms with Gasteiger partial charge < -0.3 is 13.9 Å². The Bertz CT molecular complexity index is 1400. The molecule has 0 bridgehead atoms. The highest BCUT2D eigenvalue weighted by atomic mass is 127. The molecule has 3 heterocycles. The summed E-state index contributed by atoms with van der Waals surface area (Å²) in [6.07, 6.45) is 1.66. The number of allylic oxidation sites excluding steroid dienone is 1. The Labute approximate surface area is 199 Å². The number of thiazole rings is 1. The smallest absolute Gasteiger partial charge is 0.338 e. The summed E-state index contributed by atoms with van der Waals surface area (Å²) < 4.78 is 18.7. The molecule has 0 unspecified atom stereocenters. The van der Waals surface area contributed by atoms with Crippen molar-refractivity contribution >= 4 is 57.6 Å². The van der Waals surface area contributed by atoms with Crippen molar-refractivity contribution in [1.29, 1.82) is 0 Å². The number of esters is 1. The average molecular weight is 571 g/mol. The van der Waals surface area contributed by atoms with E-state index < -0.39 is 12.0 Å². The topological polar surface area (TPSA) is 83.0 Å². The molecule has 0 spiro atoms. The SMILES string of the molecule is COC(=O)C1=C(C)N=c2s/c(=C\c3ccc(I)o3)c(=O)n2[C@@H]1c1cc(Cl)ccc1OC. The third kappa shape index (κ3) is 3.97. The van der Waals surface area contributed by atoms with Crippen LogP contribution in [0, 0.1) is 3.77 Å². The number of ether oxygens (including phenoxy) is 2. The van der Waals surface area contributed by atoms with Crippen molar-refractivity contribution in [2.24, 2.45) is 4.99 Å². The highest BCUT2D eigenvalue weighted by Crippen LogP contribution is 2.37. The number of methoxy groups -OCH3 is 2. The van der Waals surface area contributed by atoms with Gasteiger partial charge in [-0.25, -0.2) is 9.79 Å². The number of hydrogen-bond acceptors (Lipinski definition) is 7. The van der Waals surface area contributed by atoms with Crippen molar-refractivity contribution in [1.82, 2.24) is 4.57 Å². The van der Waals surface area contributed by atoms with Crippen molar-refractivity contribution in [2.75, 3.05) is 14.2 Å². The van der Waals surface area contributed by atoms with E-state index in [-0.39, 0.29) is 11.1 Å². The monoisotopic (exact) mass is 570 g/mol. The quantitative estimate of drug-likeness (QED) is 0.355. The van der Waals surface area contributed by atoms with Crippen LogP contribution in [-0.4, -0.2) is 24.8 Å². The lowest BCUT2D eigenvalue weighted by Gasteiger charge is -2.25. The molecule has 4 rings (SSSR count). The van der Waals surface area contributed by atoms with Crippen LogP contribution >= 0.6 is 45.5 Å². The number of furan rings is 1. The summed E-state index contributed by atoms with van der Waals surface area (Å²) in [6, 6.07) is 7.84. The lowest BCUT2D eigenvalue weighted by atomic mass is 9.95. The molecule has 0 radical (unpaired) electrons. The predicted molar refractivity (Wildman–Crippen MR) is 125 cm³/mol. The fraction of sp³-hybridized carbons (Fsp3) is 0.190. The van der Waals surface area contributed by atoms with Crippen LogP contribution in [0.1, 0.15) is 24.3 Å². The molecule has 1 aliphatic heterocycles. The van der Waals surface area contributed by atoms with Crippen molar-refractivity contribution in [3.63, 3.8) is 0 Å². The van der Waals surface area contributed by atoms with E-state index in [2.05, 4.69) is 27.6 Å². The summed E-state index contributed by atoms with van der Waals surface area (Å²) in [6.45, 7) is 1.71. The Morgan fingerprint density at radius 3 is 2.74 bits per heavy atom. The van der Waals surface area contributed by atoms with Gasteiger partial charge in [0.2, 0.25) is 0 Å². The van der Waals surface area contributed by atoms with E-state index >= 15 is 0 Å². The number of benzene rings is 1. The molecule has 0 fully saturated rings. The Morgan fingerprint density at radius 1 is 1.32 bits per heavy atom. The number of fused-ring (bicyclic) bond motifs is 1. The minimum Gasteiger partial charge on any atom is -0.496 e. The number of hydrogen-bond donors (Lipinski definition) is 0. The Kier molecular flexibility index (Phi) is 6.09. The maximum absolute atomic E-state index is 13.4. The van der Waals surface area contributed by atoms with Gasteiger partial charge in [0.25, 0.3) is 5.56 Å². The molecule has 3 aromatic rings. The minimum absolute atomic E-state index is 0.245. The van der Waals surface area contributed by atoms with Crippen LogP contribution in [0.15, 0.2) is 55.8 Å². The van der Waals surface area contributed by atoms with E-state index in [1.165, 1.54) is 30.1 Å². The third-order valence-electron chi connectivity index (χ3n) is 4.78. The van der Waals surface area contributed by atoms with Crippen molar-refractivity contribution < 1.29 is 18.7 Å².